The number of nitrogens with zero attached hydrogens (tertiary/aromatic N) is 1. The number of carboxylic acids is 1. The Hall–Kier alpha value is -2.27. The van der Waals surface area contributed by atoms with E-state index in [4.69, 9.17) is 21.4 Å². The van der Waals surface area contributed by atoms with Crippen LogP contribution in [0.25, 0.3) is 0 Å². The molecule has 0 aliphatic heterocycles. The van der Waals surface area contributed by atoms with E-state index in [2.05, 4.69) is 0 Å². The van der Waals surface area contributed by atoms with Crippen LogP contribution in [0.4, 0.5) is 0 Å². The van der Waals surface area contributed by atoms with Crippen LogP contribution in [0, 0.1) is 0 Å². The lowest BCUT2D eigenvalue weighted by Gasteiger charge is -2.07. The molecular weight excluding hydrogens is 294 g/mol. The van der Waals surface area contributed by atoms with Crippen LogP contribution in [0.1, 0.15) is 21.7 Å². The highest BCUT2D eigenvalue weighted by Crippen LogP contribution is 2.24. The SMILES string of the molecule is COc1ccc(C(=O)c2c(Cl)cc(CC(=O)O)n2C)cc1. The summed E-state index contributed by atoms with van der Waals surface area (Å²) >= 11 is 6.08. The van der Waals surface area contributed by atoms with E-state index in [1.807, 2.05) is 0 Å². The number of ketones is 1. The van der Waals surface area contributed by atoms with Gasteiger partial charge in [-0.3, -0.25) is 9.59 Å². The van der Waals surface area contributed by atoms with E-state index in [9.17, 15) is 9.59 Å². The lowest BCUT2D eigenvalue weighted by atomic mass is 10.1. The lowest BCUT2D eigenvalue weighted by molar-refractivity contribution is -0.136. The zero-order valence-electron chi connectivity index (χ0n) is 11.6. The summed E-state index contributed by atoms with van der Waals surface area (Å²) in [5, 5.41) is 9.09. The van der Waals surface area contributed by atoms with E-state index in [1.54, 1.807) is 38.4 Å². The van der Waals surface area contributed by atoms with Crippen molar-refractivity contribution in [1.29, 1.82) is 0 Å². The summed E-state index contributed by atoms with van der Waals surface area (Å²) < 4.78 is 6.56. The number of ether oxygens (including phenoxy) is 1. The highest BCUT2D eigenvalue weighted by Gasteiger charge is 2.20. The number of hydrogen-bond donors (Lipinski definition) is 1. The third-order valence-corrected chi connectivity index (χ3v) is 3.47. The molecule has 1 aromatic carbocycles. The summed E-state index contributed by atoms with van der Waals surface area (Å²) in [6, 6.07) is 8.15. The van der Waals surface area contributed by atoms with Gasteiger partial charge < -0.3 is 14.4 Å². The number of aromatic nitrogens is 1. The molecule has 0 atom stereocenters. The number of benzene rings is 1. The number of carbonyl (C=O) groups excluding carboxylic acids is 1. The standard InChI is InChI=1S/C15H14ClNO4/c1-17-10(8-13(18)19)7-12(16)14(17)15(20)9-3-5-11(21-2)6-4-9/h3-7H,8H2,1-2H3,(H,18,19). The fourth-order valence-electron chi connectivity index (χ4n) is 2.08. The molecule has 110 valence electrons. The highest BCUT2D eigenvalue weighted by atomic mass is 35.5. The first-order valence-electron chi connectivity index (χ1n) is 6.18. The maximum atomic E-state index is 12.5. The van der Waals surface area contributed by atoms with E-state index in [1.165, 1.54) is 10.6 Å². The van der Waals surface area contributed by atoms with E-state index in [-0.39, 0.29) is 22.9 Å². The van der Waals surface area contributed by atoms with Crippen LogP contribution in [0.15, 0.2) is 30.3 Å². The van der Waals surface area contributed by atoms with E-state index < -0.39 is 5.97 Å². The van der Waals surface area contributed by atoms with Gasteiger partial charge in [-0.2, -0.15) is 0 Å². The zero-order chi connectivity index (χ0) is 15.6. The second-order valence-electron chi connectivity index (χ2n) is 4.52. The van der Waals surface area contributed by atoms with Gasteiger partial charge in [0, 0.05) is 18.3 Å². The molecule has 0 aliphatic carbocycles. The number of methoxy groups -OCH3 is 1. The van der Waals surface area contributed by atoms with Gasteiger partial charge in [-0.15, -0.1) is 0 Å². The van der Waals surface area contributed by atoms with Crippen molar-refractivity contribution in [2.24, 2.45) is 7.05 Å². The zero-order valence-corrected chi connectivity index (χ0v) is 12.3. The van der Waals surface area contributed by atoms with Crippen LogP contribution in [0.2, 0.25) is 5.02 Å². The van der Waals surface area contributed by atoms with E-state index in [0.29, 0.717) is 17.0 Å². The number of rotatable bonds is 5. The molecule has 0 aliphatic rings. The molecule has 0 unspecified atom stereocenters. The van der Waals surface area contributed by atoms with E-state index in [0.717, 1.165) is 0 Å². The Kier molecular flexibility index (Phi) is 4.33. The maximum absolute atomic E-state index is 12.5. The van der Waals surface area contributed by atoms with Crippen molar-refractivity contribution in [3.05, 3.63) is 52.3 Å². The third kappa shape index (κ3) is 3.08. The lowest BCUT2D eigenvalue weighted by Crippen LogP contribution is -2.11. The van der Waals surface area contributed by atoms with Crippen LogP contribution in [-0.4, -0.2) is 28.5 Å². The molecule has 0 fully saturated rings. The summed E-state index contributed by atoms with van der Waals surface area (Å²) in [4.78, 5) is 23.3. The van der Waals surface area contributed by atoms with Crippen molar-refractivity contribution in [2.45, 2.75) is 6.42 Å². The molecule has 1 N–H and O–H groups in total. The predicted octanol–water partition coefficient (Wildman–Crippen LogP) is 2.55. The summed E-state index contributed by atoms with van der Waals surface area (Å²) in [7, 11) is 3.17. The monoisotopic (exact) mass is 307 g/mol. The fraction of sp³-hybridized carbons (Fsp3) is 0.200. The highest BCUT2D eigenvalue weighted by molar-refractivity contribution is 6.34. The van der Waals surface area contributed by atoms with Gasteiger partial charge in [-0.05, 0) is 30.3 Å². The van der Waals surface area contributed by atoms with Crippen LogP contribution < -0.4 is 4.74 Å². The second kappa shape index (κ2) is 6.01. The molecule has 0 saturated heterocycles. The summed E-state index contributed by atoms with van der Waals surface area (Å²) in [6.45, 7) is 0. The summed E-state index contributed by atoms with van der Waals surface area (Å²) in [6.07, 6.45) is -0.188. The van der Waals surface area contributed by atoms with Gasteiger partial charge in [-0.1, -0.05) is 11.6 Å². The molecule has 0 radical (unpaired) electrons. The topological polar surface area (TPSA) is 68.5 Å². The molecule has 0 bridgehead atoms. The third-order valence-electron chi connectivity index (χ3n) is 3.19. The van der Waals surface area contributed by atoms with Crippen molar-refractivity contribution in [2.75, 3.05) is 7.11 Å². The quantitative estimate of drug-likeness (QED) is 0.862. The van der Waals surface area contributed by atoms with Crippen molar-refractivity contribution in [1.82, 2.24) is 4.57 Å². The number of carbonyl (C=O) groups is 2. The number of halogens is 1. The van der Waals surface area contributed by atoms with Crippen LogP contribution >= 0.6 is 11.6 Å². The molecule has 2 rings (SSSR count). The number of aliphatic carboxylic acids is 1. The molecule has 1 heterocycles. The molecule has 0 saturated carbocycles. The maximum Gasteiger partial charge on any atom is 0.309 e. The molecular formula is C15H14ClNO4. The van der Waals surface area contributed by atoms with Gasteiger partial charge in [0.15, 0.2) is 0 Å². The largest absolute Gasteiger partial charge is 0.497 e. The first-order chi connectivity index (χ1) is 9.93. The van der Waals surface area contributed by atoms with Gasteiger partial charge in [0.25, 0.3) is 0 Å². The minimum absolute atomic E-state index is 0.188. The fourth-order valence-corrected chi connectivity index (χ4v) is 2.42. The molecule has 2 aromatic rings. The minimum atomic E-state index is -0.976. The van der Waals surface area contributed by atoms with Crippen LogP contribution in [-0.2, 0) is 18.3 Å². The Labute approximate surface area is 126 Å². The van der Waals surface area contributed by atoms with Crippen molar-refractivity contribution >= 4 is 23.4 Å². The van der Waals surface area contributed by atoms with Crippen molar-refractivity contribution < 1.29 is 19.4 Å². The van der Waals surface area contributed by atoms with Gasteiger partial charge in [0.05, 0.1) is 18.6 Å². The predicted molar refractivity (Wildman–Crippen MR) is 78.2 cm³/mol. The van der Waals surface area contributed by atoms with Crippen molar-refractivity contribution in [3.8, 4) is 5.75 Å². The molecule has 1 aromatic heterocycles. The number of carboxylic acid groups (broad SMARTS) is 1. The Bertz CT molecular complexity index is 688. The van der Waals surface area contributed by atoms with Crippen molar-refractivity contribution in [3.63, 3.8) is 0 Å². The first kappa shape index (κ1) is 15.1. The number of hydrogen-bond acceptors (Lipinski definition) is 3. The molecule has 0 amide bonds. The van der Waals surface area contributed by atoms with Gasteiger partial charge in [0.2, 0.25) is 5.78 Å². The normalized spacial score (nSPS) is 10.4. The minimum Gasteiger partial charge on any atom is -0.497 e. The molecule has 5 nitrogen and oxygen atoms in total. The van der Waals surface area contributed by atoms with Crippen LogP contribution in [0.3, 0.4) is 0 Å². The molecule has 21 heavy (non-hydrogen) atoms. The van der Waals surface area contributed by atoms with Gasteiger partial charge >= 0.3 is 5.97 Å². The first-order valence-corrected chi connectivity index (χ1v) is 6.56. The molecule has 0 spiro atoms. The van der Waals surface area contributed by atoms with Gasteiger partial charge in [0.1, 0.15) is 11.4 Å². The summed E-state index contributed by atoms with van der Waals surface area (Å²) in [5.41, 5.74) is 1.21. The average Bonchev–Trinajstić information content (AvgIpc) is 2.72. The van der Waals surface area contributed by atoms with Crippen LogP contribution in [0.5, 0.6) is 5.75 Å². The Balaban J connectivity index is 2.38. The van der Waals surface area contributed by atoms with E-state index >= 15 is 0 Å². The molecule has 6 heteroatoms. The van der Waals surface area contributed by atoms with Gasteiger partial charge in [-0.25, -0.2) is 0 Å². The average molecular weight is 308 g/mol. The smallest absolute Gasteiger partial charge is 0.309 e. The Morgan fingerprint density at radius 3 is 2.43 bits per heavy atom. The summed E-state index contributed by atoms with van der Waals surface area (Å²) in [5.74, 6) is -0.589. The Morgan fingerprint density at radius 2 is 1.90 bits per heavy atom. The second-order valence-corrected chi connectivity index (χ2v) is 4.93. The Morgan fingerprint density at radius 1 is 1.29 bits per heavy atom.